The summed E-state index contributed by atoms with van der Waals surface area (Å²) in [5.74, 6) is 0.791. The van der Waals surface area contributed by atoms with Crippen LogP contribution in [0.1, 0.15) is 41.5 Å². The zero-order valence-electron chi connectivity index (χ0n) is 9.89. The lowest BCUT2D eigenvalue weighted by Gasteiger charge is -2.43. The smallest absolute Gasteiger partial charge is 0.0833 e. The minimum absolute atomic E-state index is 0.729. The van der Waals surface area contributed by atoms with Gasteiger partial charge in [0.15, 0.2) is 0 Å². The van der Waals surface area contributed by atoms with E-state index in [0.29, 0.717) is 0 Å². The Bertz CT molecular complexity index is 117. The van der Waals surface area contributed by atoms with Crippen molar-refractivity contribution in [3.8, 4) is 0 Å². The predicted octanol–water partition coefficient (Wildman–Crippen LogP) is 2.91. The quantitative estimate of drug-likeness (QED) is 0.572. The SMILES string of the molecule is CC(C)C[N+](C)(C(C)C)C(C)C. The molecule has 0 fully saturated rings. The van der Waals surface area contributed by atoms with Gasteiger partial charge in [-0.25, -0.2) is 0 Å². The van der Waals surface area contributed by atoms with Gasteiger partial charge in [0.1, 0.15) is 0 Å². The molecular weight excluding hydrogens is 146 g/mol. The molecule has 0 unspecified atom stereocenters. The number of nitrogens with zero attached hydrogens (tertiary/aromatic N) is 1. The fourth-order valence-electron chi connectivity index (χ4n) is 1.80. The normalized spacial score (nSPS) is 13.5. The van der Waals surface area contributed by atoms with E-state index in [1.165, 1.54) is 11.0 Å². The van der Waals surface area contributed by atoms with Crippen molar-refractivity contribution >= 4 is 0 Å². The van der Waals surface area contributed by atoms with E-state index in [1.54, 1.807) is 0 Å². The molecule has 0 spiro atoms. The first-order valence-corrected chi connectivity index (χ1v) is 5.15. The zero-order valence-corrected chi connectivity index (χ0v) is 9.89. The highest BCUT2D eigenvalue weighted by atomic mass is 15.4. The summed E-state index contributed by atoms with van der Waals surface area (Å²) in [6, 6.07) is 1.46. The van der Waals surface area contributed by atoms with E-state index in [1.807, 2.05) is 0 Å². The van der Waals surface area contributed by atoms with Gasteiger partial charge in [-0.05, 0) is 27.7 Å². The van der Waals surface area contributed by atoms with E-state index in [-0.39, 0.29) is 0 Å². The first kappa shape index (κ1) is 12.0. The molecule has 74 valence electrons. The molecule has 0 aliphatic rings. The van der Waals surface area contributed by atoms with Gasteiger partial charge in [-0.3, -0.25) is 0 Å². The third-order valence-electron chi connectivity index (χ3n) is 3.12. The van der Waals surface area contributed by atoms with Crippen LogP contribution in [0.4, 0.5) is 0 Å². The van der Waals surface area contributed by atoms with E-state index in [2.05, 4.69) is 48.6 Å². The summed E-state index contributed by atoms with van der Waals surface area (Å²) in [5.41, 5.74) is 0. The number of hydrogen-bond acceptors (Lipinski definition) is 0. The highest BCUT2D eigenvalue weighted by Gasteiger charge is 2.29. The highest BCUT2D eigenvalue weighted by molar-refractivity contribution is 4.53. The summed E-state index contributed by atoms with van der Waals surface area (Å²) in [6.07, 6.45) is 0. The van der Waals surface area contributed by atoms with Crippen LogP contribution in [0, 0.1) is 5.92 Å². The van der Waals surface area contributed by atoms with E-state index >= 15 is 0 Å². The summed E-state index contributed by atoms with van der Waals surface area (Å²) >= 11 is 0. The Balaban J connectivity index is 4.40. The van der Waals surface area contributed by atoms with Gasteiger partial charge in [0, 0.05) is 5.92 Å². The molecule has 0 saturated carbocycles. The van der Waals surface area contributed by atoms with Crippen molar-refractivity contribution in [2.24, 2.45) is 5.92 Å². The molecule has 0 aromatic carbocycles. The van der Waals surface area contributed by atoms with Crippen molar-refractivity contribution in [1.29, 1.82) is 0 Å². The second-order valence-electron chi connectivity index (χ2n) is 5.11. The Kier molecular flexibility index (Phi) is 4.25. The molecular formula is C11H26N+. The van der Waals surface area contributed by atoms with Crippen LogP contribution < -0.4 is 0 Å². The largest absolute Gasteiger partial charge is 0.322 e. The van der Waals surface area contributed by atoms with E-state index in [4.69, 9.17) is 0 Å². The van der Waals surface area contributed by atoms with Gasteiger partial charge in [0.05, 0.1) is 25.7 Å². The minimum atomic E-state index is 0.729. The predicted molar refractivity (Wildman–Crippen MR) is 56.2 cm³/mol. The van der Waals surface area contributed by atoms with Crippen LogP contribution in [-0.4, -0.2) is 30.2 Å². The summed E-state index contributed by atoms with van der Waals surface area (Å²) in [4.78, 5) is 0. The monoisotopic (exact) mass is 172 g/mol. The molecule has 0 saturated heterocycles. The second-order valence-corrected chi connectivity index (χ2v) is 5.11. The molecule has 1 heteroatoms. The Hall–Kier alpha value is -0.0400. The van der Waals surface area contributed by atoms with Crippen LogP contribution in [0.15, 0.2) is 0 Å². The Labute approximate surface area is 78.4 Å². The van der Waals surface area contributed by atoms with Gasteiger partial charge in [0.25, 0.3) is 0 Å². The van der Waals surface area contributed by atoms with Crippen LogP contribution in [0.2, 0.25) is 0 Å². The van der Waals surface area contributed by atoms with Gasteiger partial charge in [-0.1, -0.05) is 13.8 Å². The zero-order chi connectivity index (χ0) is 9.94. The Morgan fingerprint density at radius 1 is 0.833 bits per heavy atom. The van der Waals surface area contributed by atoms with E-state index in [0.717, 1.165) is 18.0 Å². The third kappa shape index (κ3) is 2.78. The molecule has 1 nitrogen and oxygen atoms in total. The summed E-state index contributed by atoms with van der Waals surface area (Å²) < 4.78 is 1.19. The lowest BCUT2D eigenvalue weighted by atomic mass is 10.1. The minimum Gasteiger partial charge on any atom is -0.322 e. The molecule has 0 heterocycles. The first-order chi connectivity index (χ1) is 5.30. The number of quaternary nitrogens is 1. The molecule has 0 aliphatic carbocycles. The molecule has 0 rings (SSSR count). The Morgan fingerprint density at radius 3 is 1.25 bits per heavy atom. The Morgan fingerprint density at radius 2 is 1.17 bits per heavy atom. The molecule has 0 N–H and O–H groups in total. The van der Waals surface area contributed by atoms with Crippen LogP contribution >= 0.6 is 0 Å². The van der Waals surface area contributed by atoms with Gasteiger partial charge in [0.2, 0.25) is 0 Å². The summed E-state index contributed by atoms with van der Waals surface area (Å²) in [7, 11) is 2.37. The van der Waals surface area contributed by atoms with Gasteiger partial charge < -0.3 is 4.48 Å². The maximum atomic E-state index is 2.37. The van der Waals surface area contributed by atoms with Crippen molar-refractivity contribution in [3.63, 3.8) is 0 Å². The number of hydrogen-bond donors (Lipinski definition) is 0. The van der Waals surface area contributed by atoms with Gasteiger partial charge in [-0.15, -0.1) is 0 Å². The van der Waals surface area contributed by atoms with Crippen LogP contribution in [0.5, 0.6) is 0 Å². The van der Waals surface area contributed by atoms with Gasteiger partial charge in [-0.2, -0.15) is 0 Å². The molecule has 0 aromatic rings. The molecule has 0 atom stereocenters. The van der Waals surface area contributed by atoms with E-state index in [9.17, 15) is 0 Å². The molecule has 0 aromatic heterocycles. The summed E-state index contributed by atoms with van der Waals surface area (Å²) in [5, 5.41) is 0. The van der Waals surface area contributed by atoms with Crippen molar-refractivity contribution < 1.29 is 4.48 Å². The fourth-order valence-corrected chi connectivity index (χ4v) is 1.80. The standard InChI is InChI=1S/C11H26N/c1-9(2)8-12(7,10(3)4)11(5)6/h9-11H,8H2,1-7H3/q+1. The number of rotatable bonds is 4. The average molecular weight is 172 g/mol. The van der Waals surface area contributed by atoms with Crippen molar-refractivity contribution in [2.75, 3.05) is 13.6 Å². The highest BCUT2D eigenvalue weighted by Crippen LogP contribution is 2.18. The molecule has 0 bridgehead atoms. The lowest BCUT2D eigenvalue weighted by molar-refractivity contribution is -0.951. The molecule has 0 aliphatic heterocycles. The molecule has 0 amide bonds. The lowest BCUT2D eigenvalue weighted by Crippen LogP contribution is -2.56. The second kappa shape index (κ2) is 4.27. The third-order valence-corrected chi connectivity index (χ3v) is 3.12. The van der Waals surface area contributed by atoms with Gasteiger partial charge >= 0.3 is 0 Å². The van der Waals surface area contributed by atoms with E-state index < -0.39 is 0 Å². The fraction of sp³-hybridized carbons (Fsp3) is 1.00. The van der Waals surface area contributed by atoms with Crippen LogP contribution in [-0.2, 0) is 0 Å². The van der Waals surface area contributed by atoms with Crippen molar-refractivity contribution in [1.82, 2.24) is 0 Å². The average Bonchev–Trinajstić information content (AvgIpc) is 1.84. The van der Waals surface area contributed by atoms with Crippen molar-refractivity contribution in [2.45, 2.75) is 53.6 Å². The van der Waals surface area contributed by atoms with Crippen LogP contribution in [0.25, 0.3) is 0 Å². The molecule has 12 heavy (non-hydrogen) atoms. The first-order valence-electron chi connectivity index (χ1n) is 5.15. The maximum Gasteiger partial charge on any atom is 0.0833 e. The molecule has 0 radical (unpaired) electrons. The summed E-state index contributed by atoms with van der Waals surface area (Å²) in [6.45, 7) is 15.2. The topological polar surface area (TPSA) is 0 Å². The van der Waals surface area contributed by atoms with Crippen molar-refractivity contribution in [3.05, 3.63) is 0 Å². The van der Waals surface area contributed by atoms with Crippen LogP contribution in [0.3, 0.4) is 0 Å². The maximum absolute atomic E-state index is 2.37.